The molecule has 0 radical (unpaired) electrons. The van der Waals surface area contributed by atoms with Gasteiger partial charge in [-0.05, 0) is 25.0 Å². The second kappa shape index (κ2) is 6.09. The van der Waals surface area contributed by atoms with Crippen LogP contribution in [-0.4, -0.2) is 28.3 Å². The summed E-state index contributed by atoms with van der Waals surface area (Å²) >= 11 is 0. The summed E-state index contributed by atoms with van der Waals surface area (Å²) in [5.41, 5.74) is 5.09. The molecule has 0 saturated heterocycles. The van der Waals surface area contributed by atoms with Gasteiger partial charge in [0.25, 0.3) is 0 Å². The average Bonchev–Trinajstić information content (AvgIpc) is 2.59. The number of halogens is 1. The van der Waals surface area contributed by atoms with Crippen molar-refractivity contribution in [3.8, 4) is 0 Å². The van der Waals surface area contributed by atoms with Crippen LogP contribution < -0.4 is 11.1 Å². The highest BCUT2D eigenvalue weighted by atomic mass is 19.1. The minimum atomic E-state index is -1.28. The van der Waals surface area contributed by atoms with E-state index >= 15 is 0 Å². The molecule has 0 aromatic heterocycles. The third kappa shape index (κ3) is 3.01. The number of anilines is 2. The van der Waals surface area contributed by atoms with E-state index in [1.54, 1.807) is 0 Å². The Labute approximate surface area is 116 Å². The van der Waals surface area contributed by atoms with E-state index in [2.05, 4.69) is 5.32 Å². The Morgan fingerprint density at radius 2 is 2.00 bits per heavy atom. The van der Waals surface area contributed by atoms with E-state index in [0.29, 0.717) is 6.42 Å². The van der Waals surface area contributed by atoms with Gasteiger partial charge >= 0.3 is 5.97 Å². The summed E-state index contributed by atoms with van der Waals surface area (Å²) in [5, 5.41) is 22.2. The Bertz CT molecular complexity index is 507. The molecule has 5 nitrogen and oxygen atoms in total. The number of hydrogen-bond acceptors (Lipinski definition) is 4. The molecular formula is C14H19FN2O3. The van der Waals surface area contributed by atoms with E-state index in [4.69, 9.17) is 5.73 Å². The van der Waals surface area contributed by atoms with Crippen LogP contribution in [0.2, 0.25) is 0 Å². The van der Waals surface area contributed by atoms with Gasteiger partial charge in [-0.1, -0.05) is 19.3 Å². The predicted octanol–water partition coefficient (Wildman–Crippen LogP) is 2.21. The Morgan fingerprint density at radius 1 is 1.30 bits per heavy atom. The maximum Gasteiger partial charge on any atom is 0.340 e. The van der Waals surface area contributed by atoms with Crippen molar-refractivity contribution < 1.29 is 19.4 Å². The van der Waals surface area contributed by atoms with Gasteiger partial charge in [0, 0.05) is 0 Å². The minimum absolute atomic E-state index is 0.236. The first kappa shape index (κ1) is 14.6. The van der Waals surface area contributed by atoms with Crippen LogP contribution in [0.25, 0.3) is 0 Å². The van der Waals surface area contributed by atoms with Gasteiger partial charge in [0.05, 0.1) is 23.5 Å². The van der Waals surface area contributed by atoms with Gasteiger partial charge in [-0.2, -0.15) is 0 Å². The van der Waals surface area contributed by atoms with Crippen LogP contribution >= 0.6 is 0 Å². The predicted molar refractivity (Wildman–Crippen MR) is 74.3 cm³/mol. The van der Waals surface area contributed by atoms with Crippen molar-refractivity contribution in [1.29, 1.82) is 0 Å². The molecule has 2 rings (SSSR count). The highest BCUT2D eigenvalue weighted by Gasteiger charge is 2.24. The van der Waals surface area contributed by atoms with E-state index in [1.165, 1.54) is 6.07 Å². The topological polar surface area (TPSA) is 95.6 Å². The lowest BCUT2D eigenvalue weighted by Gasteiger charge is -2.24. The monoisotopic (exact) mass is 282 g/mol. The molecule has 1 aromatic carbocycles. The van der Waals surface area contributed by atoms with Crippen LogP contribution in [0.4, 0.5) is 15.8 Å². The Balaban J connectivity index is 2.28. The smallest absolute Gasteiger partial charge is 0.340 e. The second-order valence-electron chi connectivity index (χ2n) is 5.14. The van der Waals surface area contributed by atoms with Crippen LogP contribution in [0.1, 0.15) is 42.5 Å². The normalized spacial score (nSPS) is 23.1. The molecule has 1 fully saturated rings. The van der Waals surface area contributed by atoms with Crippen molar-refractivity contribution in [2.75, 3.05) is 11.1 Å². The number of nitrogens with two attached hydrogens (primary N) is 1. The molecule has 1 aliphatic carbocycles. The number of nitrogens with one attached hydrogen (secondary N) is 1. The third-order valence-corrected chi connectivity index (χ3v) is 3.73. The Morgan fingerprint density at radius 3 is 2.70 bits per heavy atom. The zero-order chi connectivity index (χ0) is 14.7. The number of aliphatic hydroxyl groups is 1. The van der Waals surface area contributed by atoms with Gasteiger partial charge in [0.15, 0.2) is 0 Å². The van der Waals surface area contributed by atoms with Crippen molar-refractivity contribution in [3.63, 3.8) is 0 Å². The number of carbonyl (C=O) groups is 1. The van der Waals surface area contributed by atoms with Crippen LogP contribution in [0.15, 0.2) is 12.1 Å². The number of nitrogen functional groups attached to an aromatic ring is 1. The largest absolute Gasteiger partial charge is 0.478 e. The molecule has 0 heterocycles. The molecule has 1 saturated carbocycles. The van der Waals surface area contributed by atoms with Crippen LogP contribution in [-0.2, 0) is 0 Å². The molecule has 1 aliphatic rings. The third-order valence-electron chi connectivity index (χ3n) is 3.73. The van der Waals surface area contributed by atoms with E-state index in [1.807, 2.05) is 0 Å². The van der Waals surface area contributed by atoms with Gasteiger partial charge in [-0.15, -0.1) is 0 Å². The van der Waals surface area contributed by atoms with E-state index in [0.717, 1.165) is 31.7 Å². The number of aromatic carboxylic acids is 1. The molecule has 0 amide bonds. The highest BCUT2D eigenvalue weighted by Crippen LogP contribution is 2.28. The van der Waals surface area contributed by atoms with Crippen molar-refractivity contribution in [3.05, 3.63) is 23.5 Å². The molecule has 20 heavy (non-hydrogen) atoms. The summed E-state index contributed by atoms with van der Waals surface area (Å²) in [6.45, 7) is 0. The quantitative estimate of drug-likeness (QED) is 0.503. The SMILES string of the molecule is Nc1c(F)ccc(NC2CCCCCC2O)c1C(=O)O. The first-order valence-corrected chi connectivity index (χ1v) is 6.76. The Kier molecular flexibility index (Phi) is 4.44. The van der Waals surface area contributed by atoms with Crippen molar-refractivity contribution in [1.82, 2.24) is 0 Å². The second-order valence-corrected chi connectivity index (χ2v) is 5.14. The number of aliphatic hydroxyl groups excluding tert-OH is 1. The summed E-state index contributed by atoms with van der Waals surface area (Å²) in [6, 6.07) is 2.25. The summed E-state index contributed by atoms with van der Waals surface area (Å²) in [7, 11) is 0. The lowest BCUT2D eigenvalue weighted by Crippen LogP contribution is -2.33. The fourth-order valence-electron chi connectivity index (χ4n) is 2.60. The van der Waals surface area contributed by atoms with E-state index in [-0.39, 0.29) is 23.0 Å². The first-order chi connectivity index (χ1) is 9.50. The standard InChI is InChI=1S/C14H19FN2O3/c15-8-6-7-10(12(13(8)16)14(19)20)17-9-4-2-1-3-5-11(9)18/h6-7,9,11,17-18H,1-5,16H2,(H,19,20). The lowest BCUT2D eigenvalue weighted by atomic mass is 10.0. The molecule has 5 N–H and O–H groups in total. The number of carboxylic acids is 1. The van der Waals surface area contributed by atoms with E-state index < -0.39 is 17.9 Å². The fraction of sp³-hybridized carbons (Fsp3) is 0.500. The number of rotatable bonds is 3. The maximum atomic E-state index is 13.4. The molecular weight excluding hydrogens is 263 g/mol. The van der Waals surface area contributed by atoms with Gasteiger partial charge in [0.1, 0.15) is 11.4 Å². The summed E-state index contributed by atoms with van der Waals surface area (Å²) < 4.78 is 13.4. The molecule has 0 aliphatic heterocycles. The average molecular weight is 282 g/mol. The van der Waals surface area contributed by atoms with Crippen molar-refractivity contribution in [2.45, 2.75) is 44.2 Å². The zero-order valence-corrected chi connectivity index (χ0v) is 11.1. The van der Waals surface area contributed by atoms with Crippen LogP contribution in [0, 0.1) is 5.82 Å². The zero-order valence-electron chi connectivity index (χ0n) is 11.1. The first-order valence-electron chi connectivity index (χ1n) is 6.76. The number of carboxylic acid groups (broad SMARTS) is 1. The summed E-state index contributed by atoms with van der Waals surface area (Å²) in [4.78, 5) is 11.2. The van der Waals surface area contributed by atoms with Gasteiger partial charge in [-0.25, -0.2) is 9.18 Å². The number of benzene rings is 1. The van der Waals surface area contributed by atoms with Gasteiger partial charge in [-0.3, -0.25) is 0 Å². The molecule has 2 unspecified atom stereocenters. The van der Waals surface area contributed by atoms with Crippen molar-refractivity contribution in [2.24, 2.45) is 0 Å². The maximum absolute atomic E-state index is 13.4. The Hall–Kier alpha value is -1.82. The number of hydrogen-bond donors (Lipinski definition) is 4. The van der Waals surface area contributed by atoms with E-state index in [9.17, 15) is 19.4 Å². The lowest BCUT2D eigenvalue weighted by molar-refractivity contribution is 0.0698. The summed E-state index contributed by atoms with van der Waals surface area (Å²) in [6.07, 6.45) is 3.86. The summed E-state index contributed by atoms with van der Waals surface area (Å²) in [5.74, 6) is -2.04. The molecule has 6 heteroatoms. The molecule has 110 valence electrons. The van der Waals surface area contributed by atoms with Crippen LogP contribution in [0.3, 0.4) is 0 Å². The minimum Gasteiger partial charge on any atom is -0.478 e. The van der Waals surface area contributed by atoms with Crippen LogP contribution in [0.5, 0.6) is 0 Å². The molecule has 1 aromatic rings. The van der Waals surface area contributed by atoms with Crippen molar-refractivity contribution >= 4 is 17.3 Å². The molecule has 0 spiro atoms. The van der Waals surface area contributed by atoms with Gasteiger partial charge < -0.3 is 21.3 Å². The fourth-order valence-corrected chi connectivity index (χ4v) is 2.60. The molecule has 0 bridgehead atoms. The van der Waals surface area contributed by atoms with Gasteiger partial charge in [0.2, 0.25) is 0 Å². The molecule has 2 atom stereocenters. The highest BCUT2D eigenvalue weighted by molar-refractivity contribution is 6.00.